The minimum atomic E-state index is -0.677. The maximum absolute atomic E-state index is 14.5. The van der Waals surface area contributed by atoms with Gasteiger partial charge >= 0.3 is 5.97 Å². The lowest BCUT2D eigenvalue weighted by Gasteiger charge is -2.37. The molecule has 0 aromatic heterocycles. The molecule has 2 aromatic carbocycles. The average molecular weight is 803 g/mol. The number of hydrogen-bond acceptors (Lipinski definition) is 9. The van der Waals surface area contributed by atoms with Gasteiger partial charge in [-0.3, -0.25) is 24.0 Å². The number of nitrogens with zero attached hydrogens (tertiary/aromatic N) is 4. The van der Waals surface area contributed by atoms with Crippen LogP contribution in [0.4, 0.5) is 11.4 Å². The van der Waals surface area contributed by atoms with Crippen LogP contribution in [-0.2, 0) is 44.4 Å². The molecule has 0 spiro atoms. The number of carbonyl (C=O) groups is 6. The number of Topliss-reactive ketones (excluding diaryl/α,β-unsaturated/α-hetero) is 2. The molecule has 4 aliphatic heterocycles. The van der Waals surface area contributed by atoms with E-state index in [9.17, 15) is 28.8 Å². The molecule has 12 nitrogen and oxygen atoms in total. The van der Waals surface area contributed by atoms with Gasteiger partial charge in [-0.25, -0.2) is 4.79 Å². The zero-order chi connectivity index (χ0) is 42.4. The number of carbonyl (C=O) groups excluding carboxylic acids is 6. The number of amides is 3. The summed E-state index contributed by atoms with van der Waals surface area (Å²) in [6.45, 7) is 11.2. The number of allylic oxidation sites excluding steroid dienone is 5. The number of imide groups is 1. The molecule has 59 heavy (non-hydrogen) atoms. The molecule has 5 aliphatic rings. The van der Waals surface area contributed by atoms with Gasteiger partial charge in [0.05, 0.1) is 22.7 Å². The fourth-order valence-electron chi connectivity index (χ4n) is 9.52. The minimum Gasteiger partial charge on any atom is -0.358 e. The number of anilines is 1. The van der Waals surface area contributed by atoms with E-state index in [1.165, 1.54) is 11.1 Å². The number of hydroxylamine groups is 2. The summed E-state index contributed by atoms with van der Waals surface area (Å²) in [5.74, 6) is -2.08. The largest absolute Gasteiger partial charge is 0.358 e. The van der Waals surface area contributed by atoms with Gasteiger partial charge in [0, 0.05) is 79.4 Å². The number of fused-ring (bicyclic) bond motifs is 2. The van der Waals surface area contributed by atoms with E-state index in [1.54, 1.807) is 0 Å². The Morgan fingerprint density at radius 2 is 1.56 bits per heavy atom. The van der Waals surface area contributed by atoms with Crippen molar-refractivity contribution in [2.45, 2.75) is 122 Å². The van der Waals surface area contributed by atoms with Crippen LogP contribution >= 0.6 is 0 Å². The van der Waals surface area contributed by atoms with Gasteiger partial charge in [0.15, 0.2) is 17.3 Å². The third kappa shape index (κ3) is 7.46. The Bertz CT molecular complexity index is 2250. The quantitative estimate of drug-likeness (QED) is 0.102. The number of nitrogens with one attached hydrogen (secondary N) is 1. The van der Waals surface area contributed by atoms with Crippen molar-refractivity contribution in [2.75, 3.05) is 25.5 Å². The molecule has 1 aliphatic carbocycles. The first kappa shape index (κ1) is 41.5. The summed E-state index contributed by atoms with van der Waals surface area (Å²) < 4.78 is 2.16. The molecule has 2 aromatic rings. The predicted octanol–water partition coefficient (Wildman–Crippen LogP) is 6.25. The highest BCUT2D eigenvalue weighted by Gasteiger charge is 2.48. The molecule has 0 unspecified atom stereocenters. The first-order chi connectivity index (χ1) is 28.1. The smallest absolute Gasteiger partial charge is 0.333 e. The number of ketones is 2. The molecular weight excluding hydrogens is 747 g/mol. The van der Waals surface area contributed by atoms with Gasteiger partial charge in [0.25, 0.3) is 11.8 Å². The Hall–Kier alpha value is -5.65. The van der Waals surface area contributed by atoms with Crippen LogP contribution in [0.15, 0.2) is 83.2 Å². The highest BCUT2D eigenvalue weighted by atomic mass is 16.7. The first-order valence-corrected chi connectivity index (χ1v) is 21.0. The number of rotatable bonds is 14. The van der Waals surface area contributed by atoms with Crippen LogP contribution in [0.5, 0.6) is 0 Å². The SMILES string of the molecule is CC[C@H](NC(=O)[C@H]1CCCN1C1=C(C=C2N(C)c3ccccc3C2(C)C)C(=O)C1=CC1=[N+](C)c2ccccc2C1(C)C)C(=O)CCCCCC(=O)ON1C(=O)CCC1=O. The maximum Gasteiger partial charge on any atom is 0.333 e. The van der Waals surface area contributed by atoms with E-state index < -0.39 is 29.9 Å². The van der Waals surface area contributed by atoms with Gasteiger partial charge in [-0.1, -0.05) is 63.6 Å². The van der Waals surface area contributed by atoms with E-state index in [-0.39, 0.29) is 54.0 Å². The van der Waals surface area contributed by atoms with E-state index >= 15 is 0 Å². The Morgan fingerprint density at radius 1 is 0.898 bits per heavy atom. The number of hydrogen-bond donors (Lipinski definition) is 1. The highest BCUT2D eigenvalue weighted by Crippen LogP contribution is 2.49. The van der Waals surface area contributed by atoms with Crippen molar-refractivity contribution in [1.82, 2.24) is 15.3 Å². The first-order valence-electron chi connectivity index (χ1n) is 21.0. The predicted molar refractivity (Wildman–Crippen MR) is 224 cm³/mol. The summed E-state index contributed by atoms with van der Waals surface area (Å²) in [7, 11) is 4.07. The van der Waals surface area contributed by atoms with Gasteiger partial charge in [0.1, 0.15) is 13.1 Å². The van der Waals surface area contributed by atoms with Crippen molar-refractivity contribution >= 4 is 52.3 Å². The van der Waals surface area contributed by atoms with Crippen LogP contribution in [0, 0.1) is 0 Å². The van der Waals surface area contributed by atoms with Crippen LogP contribution in [0.2, 0.25) is 0 Å². The van der Waals surface area contributed by atoms with Crippen molar-refractivity contribution in [3.8, 4) is 0 Å². The second-order valence-electron chi connectivity index (χ2n) is 17.4. The van der Waals surface area contributed by atoms with Crippen LogP contribution in [-0.4, -0.2) is 88.2 Å². The van der Waals surface area contributed by atoms with Gasteiger partial charge in [-0.05, 0) is 63.7 Å². The highest BCUT2D eigenvalue weighted by molar-refractivity contribution is 6.25. The second kappa shape index (κ2) is 16.2. The second-order valence-corrected chi connectivity index (χ2v) is 17.4. The van der Waals surface area contributed by atoms with Crippen LogP contribution in [0.3, 0.4) is 0 Å². The molecule has 0 saturated carbocycles. The van der Waals surface area contributed by atoms with E-state index in [0.717, 1.165) is 34.9 Å². The molecule has 0 bridgehead atoms. The Kier molecular flexibility index (Phi) is 11.4. The topological polar surface area (TPSA) is 136 Å². The lowest BCUT2D eigenvalue weighted by Crippen LogP contribution is -2.50. The minimum absolute atomic E-state index is 0.0187. The van der Waals surface area contributed by atoms with Crippen molar-refractivity contribution < 1.29 is 38.2 Å². The number of unbranched alkanes of at least 4 members (excludes halogenated alkanes) is 2. The summed E-state index contributed by atoms with van der Waals surface area (Å²) in [4.78, 5) is 87.0. The molecule has 2 saturated heterocycles. The molecule has 1 N–H and O–H groups in total. The molecule has 3 amide bonds. The van der Waals surface area contributed by atoms with Crippen LogP contribution < -0.4 is 10.2 Å². The Morgan fingerprint density at radius 3 is 2.24 bits per heavy atom. The molecule has 2 atom stereocenters. The van der Waals surface area contributed by atoms with E-state index in [1.807, 2.05) is 57.4 Å². The summed E-state index contributed by atoms with van der Waals surface area (Å²) >= 11 is 0. The molecule has 2 fully saturated rings. The summed E-state index contributed by atoms with van der Waals surface area (Å²) in [6.07, 6.45) is 7.63. The normalized spacial score (nSPS) is 22.4. The van der Waals surface area contributed by atoms with E-state index in [4.69, 9.17) is 4.84 Å². The van der Waals surface area contributed by atoms with Crippen molar-refractivity contribution in [1.29, 1.82) is 0 Å². The van der Waals surface area contributed by atoms with Crippen molar-refractivity contribution in [3.63, 3.8) is 0 Å². The number of benzene rings is 2. The molecule has 4 heterocycles. The lowest BCUT2D eigenvalue weighted by atomic mass is 9.76. The van der Waals surface area contributed by atoms with Gasteiger partial charge in [-0.2, -0.15) is 4.58 Å². The third-order valence-corrected chi connectivity index (χ3v) is 12.9. The summed E-state index contributed by atoms with van der Waals surface area (Å²) in [5, 5.41) is 3.61. The van der Waals surface area contributed by atoms with E-state index in [2.05, 4.69) is 71.7 Å². The molecule has 310 valence electrons. The monoisotopic (exact) mass is 802 g/mol. The number of likely N-dealkylation sites (N-methyl/N-ethyl adjacent to an activating group) is 1. The Labute approximate surface area is 346 Å². The fraction of sp³-hybridized carbons (Fsp3) is 0.468. The van der Waals surface area contributed by atoms with Crippen LogP contribution in [0.1, 0.15) is 110 Å². The van der Waals surface area contributed by atoms with Crippen molar-refractivity contribution in [2.24, 2.45) is 0 Å². The lowest BCUT2D eigenvalue weighted by molar-refractivity contribution is -0.401. The number of para-hydroxylation sites is 2. The van der Waals surface area contributed by atoms with Crippen molar-refractivity contribution in [3.05, 3.63) is 94.4 Å². The Balaban J connectivity index is 1.10. The summed E-state index contributed by atoms with van der Waals surface area (Å²) in [5.41, 5.74) is 7.79. The molecule has 7 rings (SSSR count). The van der Waals surface area contributed by atoms with Crippen LogP contribution in [0.25, 0.3) is 0 Å². The van der Waals surface area contributed by atoms with Gasteiger partial charge in [-0.15, -0.1) is 5.06 Å². The standard InChI is InChI=1S/C47H55N5O7/c1-8-33(37(53)22-10-9-11-23-42(56)59-52-40(54)24-25-41(52)55)48-45(58)36-21-16-26-51(36)43-29(27-38-46(2,3)31-17-12-14-19-34(31)49(38)6)44(57)30(43)28-39-47(4,5)32-18-13-15-20-35(32)50(39)7/h12-15,17-20,27-28,33,36H,8-11,16,21-26H2,1-7H3/p+1/t33-,36+/m0/s1. The zero-order valence-corrected chi connectivity index (χ0v) is 35.4. The van der Waals surface area contributed by atoms with E-state index in [0.29, 0.717) is 54.9 Å². The third-order valence-electron chi connectivity index (χ3n) is 12.9. The maximum atomic E-state index is 14.5. The molecular formula is C47H56N5O7+. The zero-order valence-electron chi connectivity index (χ0n) is 35.4. The number of likely N-dealkylation sites (tertiary alicyclic amines) is 1. The fourth-order valence-corrected chi connectivity index (χ4v) is 9.52. The molecule has 12 heteroatoms. The summed E-state index contributed by atoms with van der Waals surface area (Å²) in [6, 6.07) is 15.3. The van der Waals surface area contributed by atoms with Gasteiger partial charge < -0.3 is 20.0 Å². The molecule has 0 radical (unpaired) electrons. The van der Waals surface area contributed by atoms with Gasteiger partial charge in [0.2, 0.25) is 11.6 Å². The average Bonchev–Trinajstić information content (AvgIpc) is 3.92.